The molecule has 3 aliphatic rings. The minimum atomic E-state index is -0.0117. The second-order valence-corrected chi connectivity index (χ2v) is 6.61. The van der Waals surface area contributed by atoms with Gasteiger partial charge in [0.1, 0.15) is 5.71 Å². The Balaban J connectivity index is 1.68. The summed E-state index contributed by atoms with van der Waals surface area (Å²) in [6.45, 7) is 3.98. The van der Waals surface area contributed by atoms with Gasteiger partial charge in [-0.2, -0.15) is 5.10 Å². The van der Waals surface area contributed by atoms with Gasteiger partial charge in [0.15, 0.2) is 0 Å². The Bertz CT molecular complexity index is 471. The lowest BCUT2D eigenvalue weighted by molar-refractivity contribution is -0.130. The summed E-state index contributed by atoms with van der Waals surface area (Å²) in [5, 5.41) is 5.50. The first-order valence-corrected chi connectivity index (χ1v) is 8.52. The fourth-order valence-electron chi connectivity index (χ4n) is 3.72. The summed E-state index contributed by atoms with van der Waals surface area (Å²) in [6, 6.07) is 0.498. The van der Waals surface area contributed by atoms with Gasteiger partial charge in [-0.15, -0.1) is 0 Å². The minimum Gasteiger partial charge on any atom is -0.336 e. The summed E-state index contributed by atoms with van der Waals surface area (Å²) in [4.78, 5) is 28.8. The molecule has 2 fully saturated rings. The van der Waals surface area contributed by atoms with Crippen LogP contribution in [0.5, 0.6) is 0 Å². The molecule has 0 aliphatic carbocycles. The van der Waals surface area contributed by atoms with Gasteiger partial charge in [0.25, 0.3) is 5.91 Å². The third-order valence-electron chi connectivity index (χ3n) is 5.04. The highest BCUT2D eigenvalue weighted by Crippen LogP contribution is 2.21. The van der Waals surface area contributed by atoms with E-state index in [4.69, 9.17) is 0 Å². The Hall–Kier alpha value is -1.43. The molecule has 2 saturated heterocycles. The predicted octanol–water partition coefficient (Wildman–Crippen LogP) is 1.07. The highest BCUT2D eigenvalue weighted by molar-refractivity contribution is 6.39. The molecule has 122 valence electrons. The first-order chi connectivity index (χ1) is 10.6. The van der Waals surface area contributed by atoms with Crippen molar-refractivity contribution in [2.24, 2.45) is 5.10 Å². The molecule has 0 aromatic carbocycles. The van der Waals surface area contributed by atoms with Crippen molar-refractivity contribution >= 4 is 17.5 Å². The van der Waals surface area contributed by atoms with Crippen LogP contribution in [0.4, 0.5) is 0 Å². The molecular weight excluding hydrogens is 280 g/mol. The second kappa shape index (κ2) is 6.77. The molecule has 0 aromatic rings. The highest BCUT2D eigenvalue weighted by Gasteiger charge is 2.31. The van der Waals surface area contributed by atoms with Gasteiger partial charge >= 0.3 is 0 Å². The summed E-state index contributed by atoms with van der Waals surface area (Å²) in [6.07, 6.45) is 6.88. The van der Waals surface area contributed by atoms with Crippen LogP contribution in [0.25, 0.3) is 0 Å². The fraction of sp³-hybridized carbons (Fsp3) is 0.812. The lowest BCUT2D eigenvalue weighted by atomic mass is 10.1. The Kier molecular flexibility index (Phi) is 4.76. The van der Waals surface area contributed by atoms with E-state index in [1.807, 2.05) is 4.90 Å². The summed E-state index contributed by atoms with van der Waals surface area (Å²) in [5.74, 6) is 0.0211. The second-order valence-electron chi connectivity index (χ2n) is 6.61. The molecule has 0 spiro atoms. The van der Waals surface area contributed by atoms with Crippen molar-refractivity contribution < 1.29 is 9.59 Å². The molecule has 0 radical (unpaired) electrons. The lowest BCUT2D eigenvalue weighted by Crippen LogP contribution is -2.47. The molecule has 1 unspecified atom stereocenters. The maximum absolute atomic E-state index is 12.8. The number of hydrogen-bond acceptors (Lipinski definition) is 4. The van der Waals surface area contributed by atoms with Crippen LogP contribution in [0, 0.1) is 0 Å². The molecule has 0 saturated carbocycles. The SMILES string of the molecule is CN1N=C(C(=O)N2CCCCC(N3CCCC3)C2)CCC1=O. The number of hydrazone groups is 1. The third kappa shape index (κ3) is 3.32. The molecule has 6 heteroatoms. The zero-order valence-electron chi connectivity index (χ0n) is 13.5. The van der Waals surface area contributed by atoms with Crippen molar-refractivity contribution in [3.63, 3.8) is 0 Å². The standard InChI is InChI=1S/C16H26N4O2/c1-18-15(21)8-7-14(17-18)16(22)20-11-3-2-6-13(12-20)19-9-4-5-10-19/h13H,2-12H2,1H3. The number of likely N-dealkylation sites (tertiary alicyclic amines) is 2. The third-order valence-corrected chi connectivity index (χ3v) is 5.04. The number of carbonyl (C=O) groups excluding carboxylic acids is 2. The lowest BCUT2D eigenvalue weighted by Gasteiger charge is -2.31. The molecule has 1 atom stereocenters. The van der Waals surface area contributed by atoms with Crippen molar-refractivity contribution in [3.8, 4) is 0 Å². The van der Waals surface area contributed by atoms with E-state index < -0.39 is 0 Å². The van der Waals surface area contributed by atoms with Crippen LogP contribution in [-0.2, 0) is 9.59 Å². The number of amides is 2. The van der Waals surface area contributed by atoms with Gasteiger partial charge in [0.05, 0.1) is 0 Å². The summed E-state index contributed by atoms with van der Waals surface area (Å²) < 4.78 is 0. The number of hydrogen-bond donors (Lipinski definition) is 0. The van der Waals surface area contributed by atoms with Crippen LogP contribution in [0.2, 0.25) is 0 Å². The molecule has 0 bridgehead atoms. The molecule has 3 heterocycles. The monoisotopic (exact) mass is 306 g/mol. The van der Waals surface area contributed by atoms with Gasteiger partial charge in [-0.05, 0) is 38.8 Å². The van der Waals surface area contributed by atoms with E-state index in [0.29, 0.717) is 24.6 Å². The van der Waals surface area contributed by atoms with Crippen LogP contribution in [-0.4, -0.2) is 71.6 Å². The summed E-state index contributed by atoms with van der Waals surface area (Å²) in [7, 11) is 1.63. The fourth-order valence-corrected chi connectivity index (χ4v) is 3.72. The van der Waals surface area contributed by atoms with Crippen molar-refractivity contribution in [1.82, 2.24) is 14.8 Å². The van der Waals surface area contributed by atoms with Crippen LogP contribution in [0.3, 0.4) is 0 Å². The highest BCUT2D eigenvalue weighted by atomic mass is 16.2. The molecule has 22 heavy (non-hydrogen) atoms. The zero-order chi connectivity index (χ0) is 15.5. The van der Waals surface area contributed by atoms with Crippen molar-refractivity contribution in [3.05, 3.63) is 0 Å². The topological polar surface area (TPSA) is 56.2 Å². The summed E-state index contributed by atoms with van der Waals surface area (Å²) in [5.41, 5.74) is 0.546. The zero-order valence-corrected chi connectivity index (χ0v) is 13.5. The maximum Gasteiger partial charge on any atom is 0.270 e. The Morgan fingerprint density at radius 1 is 1.09 bits per heavy atom. The van der Waals surface area contributed by atoms with Gasteiger partial charge in [-0.3, -0.25) is 14.5 Å². The van der Waals surface area contributed by atoms with E-state index in [-0.39, 0.29) is 11.8 Å². The van der Waals surface area contributed by atoms with Gasteiger partial charge < -0.3 is 4.90 Å². The number of nitrogens with zero attached hydrogens (tertiary/aromatic N) is 4. The van der Waals surface area contributed by atoms with Crippen molar-refractivity contribution in [1.29, 1.82) is 0 Å². The van der Waals surface area contributed by atoms with E-state index in [9.17, 15) is 9.59 Å². The molecule has 3 rings (SSSR count). The number of rotatable bonds is 2. The molecule has 3 aliphatic heterocycles. The van der Waals surface area contributed by atoms with Crippen LogP contribution in [0.1, 0.15) is 44.9 Å². The van der Waals surface area contributed by atoms with E-state index in [1.165, 1.54) is 43.8 Å². The van der Waals surface area contributed by atoms with Gasteiger partial charge in [0, 0.05) is 39.0 Å². The van der Waals surface area contributed by atoms with E-state index in [1.54, 1.807) is 7.05 Å². The first kappa shape index (κ1) is 15.5. The largest absolute Gasteiger partial charge is 0.336 e. The van der Waals surface area contributed by atoms with Crippen LogP contribution < -0.4 is 0 Å². The molecule has 0 N–H and O–H groups in total. The van der Waals surface area contributed by atoms with E-state index in [2.05, 4.69) is 10.0 Å². The van der Waals surface area contributed by atoms with Crippen LogP contribution in [0.15, 0.2) is 5.10 Å². The van der Waals surface area contributed by atoms with Crippen LogP contribution >= 0.6 is 0 Å². The smallest absolute Gasteiger partial charge is 0.270 e. The van der Waals surface area contributed by atoms with E-state index in [0.717, 1.165) is 19.5 Å². The average Bonchev–Trinajstić information content (AvgIpc) is 2.94. The van der Waals surface area contributed by atoms with Gasteiger partial charge in [0.2, 0.25) is 5.91 Å². The Morgan fingerprint density at radius 3 is 2.55 bits per heavy atom. The predicted molar refractivity (Wildman–Crippen MR) is 84.5 cm³/mol. The quantitative estimate of drug-likeness (QED) is 0.767. The van der Waals surface area contributed by atoms with Crippen molar-refractivity contribution in [2.45, 2.75) is 51.0 Å². The minimum absolute atomic E-state index is 0.0117. The van der Waals surface area contributed by atoms with E-state index >= 15 is 0 Å². The average molecular weight is 306 g/mol. The molecular formula is C16H26N4O2. The van der Waals surface area contributed by atoms with Crippen molar-refractivity contribution in [2.75, 3.05) is 33.2 Å². The van der Waals surface area contributed by atoms with Gasteiger partial charge in [-0.25, -0.2) is 5.01 Å². The first-order valence-electron chi connectivity index (χ1n) is 8.52. The molecule has 0 aromatic heterocycles. The number of carbonyl (C=O) groups is 2. The summed E-state index contributed by atoms with van der Waals surface area (Å²) >= 11 is 0. The van der Waals surface area contributed by atoms with Gasteiger partial charge in [-0.1, -0.05) is 6.42 Å². The molecule has 6 nitrogen and oxygen atoms in total. The molecule has 2 amide bonds. The normalized spacial score (nSPS) is 27.8. The maximum atomic E-state index is 12.8. The Labute approximate surface area is 132 Å². The Morgan fingerprint density at radius 2 is 1.82 bits per heavy atom.